The molecule has 2 aromatic carbocycles. The molecule has 2 radical (unpaired) electrons. The number of nitrogens with zero attached hydrogens (tertiary/aromatic N) is 1. The minimum atomic E-state index is -0.151. The molecule has 3 aromatic rings. The maximum atomic E-state index is 12.8. The van der Waals surface area contributed by atoms with Gasteiger partial charge in [0.25, 0.3) is 5.91 Å². The van der Waals surface area contributed by atoms with E-state index in [1.807, 2.05) is 56.3 Å². The third-order valence-corrected chi connectivity index (χ3v) is 5.92. The topological polar surface area (TPSA) is 78.9 Å². The molecule has 3 N–H and O–H groups in total. The molecule has 6 heteroatoms. The van der Waals surface area contributed by atoms with Gasteiger partial charge in [0.15, 0.2) is 0 Å². The number of carbonyl (C=O) groups is 1. The zero-order chi connectivity index (χ0) is 21.9. The average molecular weight is 417 g/mol. The number of nitrogens with two attached hydrogens (primary N) is 1. The van der Waals surface area contributed by atoms with Gasteiger partial charge in [-0.1, -0.05) is 56.6 Å². The molecular formula is C24H28BN3OS. The van der Waals surface area contributed by atoms with Gasteiger partial charge in [0.1, 0.15) is 11.1 Å². The molecule has 0 aliphatic heterocycles. The molecule has 0 atom stereocenters. The van der Waals surface area contributed by atoms with E-state index in [0.29, 0.717) is 29.0 Å². The Morgan fingerprint density at radius 3 is 2.53 bits per heavy atom. The summed E-state index contributed by atoms with van der Waals surface area (Å²) >= 11 is 1.56. The predicted molar refractivity (Wildman–Crippen MR) is 129 cm³/mol. The summed E-state index contributed by atoms with van der Waals surface area (Å²) in [4.78, 5) is 14.1. The van der Waals surface area contributed by atoms with Gasteiger partial charge in [-0.25, -0.2) is 0 Å². The molecule has 0 saturated carbocycles. The van der Waals surface area contributed by atoms with E-state index in [9.17, 15) is 10.1 Å². The van der Waals surface area contributed by atoms with Crippen molar-refractivity contribution in [2.75, 3.05) is 11.9 Å². The second-order valence-electron chi connectivity index (χ2n) is 6.59. The van der Waals surface area contributed by atoms with Crippen LogP contribution in [0.15, 0.2) is 42.5 Å². The number of fused-ring (bicyclic) bond motifs is 2. The van der Waals surface area contributed by atoms with Crippen molar-refractivity contribution >= 4 is 40.9 Å². The number of nitrogens with one attached hydrogen (secondary N) is 1. The normalized spacial score (nSPS) is 11.8. The SMILES string of the molecule is CC.N#Cc1c(NC(=O)c2cccc3ccccc23)sc2c1CCCC2.[B]CCN. The van der Waals surface area contributed by atoms with Gasteiger partial charge in [-0.05, 0) is 54.6 Å². The van der Waals surface area contributed by atoms with Gasteiger partial charge in [0.2, 0.25) is 0 Å². The standard InChI is InChI=1S/C20H16N2OS.C2H6BN.C2H6/c21-12-17-15-9-3-4-11-18(15)24-20(17)22-19(23)16-10-5-7-13-6-1-2-8-14(13)16;3-1-2-4;1-2/h1-2,5-8,10H,3-4,9,11H2,(H,22,23);1-2,4H2;1-2H3. The van der Waals surface area contributed by atoms with Crippen molar-refractivity contribution in [2.24, 2.45) is 5.73 Å². The third-order valence-electron chi connectivity index (χ3n) is 4.71. The molecule has 30 heavy (non-hydrogen) atoms. The Hall–Kier alpha value is -2.62. The van der Waals surface area contributed by atoms with Gasteiger partial charge in [0, 0.05) is 10.4 Å². The number of hydrogen-bond acceptors (Lipinski definition) is 4. The van der Waals surface area contributed by atoms with E-state index >= 15 is 0 Å². The number of carbonyl (C=O) groups excluding carboxylic acids is 1. The predicted octanol–water partition coefficient (Wildman–Crippen LogP) is 5.46. The van der Waals surface area contributed by atoms with Crippen LogP contribution < -0.4 is 11.1 Å². The van der Waals surface area contributed by atoms with E-state index in [-0.39, 0.29) is 5.91 Å². The van der Waals surface area contributed by atoms with Crippen molar-refractivity contribution < 1.29 is 4.79 Å². The van der Waals surface area contributed by atoms with Crippen molar-refractivity contribution in [3.05, 3.63) is 64.0 Å². The highest BCUT2D eigenvalue weighted by atomic mass is 32.1. The largest absolute Gasteiger partial charge is 0.331 e. The van der Waals surface area contributed by atoms with Crippen LogP contribution in [0.2, 0.25) is 6.32 Å². The summed E-state index contributed by atoms with van der Waals surface area (Å²) in [6.07, 6.45) is 4.84. The maximum Gasteiger partial charge on any atom is 0.256 e. The van der Waals surface area contributed by atoms with E-state index in [1.165, 1.54) is 4.88 Å². The van der Waals surface area contributed by atoms with Gasteiger partial charge in [-0.2, -0.15) is 5.26 Å². The number of amides is 1. The quantitative estimate of drug-likeness (QED) is 0.555. The summed E-state index contributed by atoms with van der Waals surface area (Å²) in [6.45, 7) is 4.60. The highest BCUT2D eigenvalue weighted by Crippen LogP contribution is 2.38. The van der Waals surface area contributed by atoms with Crippen molar-refractivity contribution in [1.82, 2.24) is 0 Å². The van der Waals surface area contributed by atoms with Crippen LogP contribution in [0.25, 0.3) is 10.8 Å². The second-order valence-corrected chi connectivity index (χ2v) is 7.69. The van der Waals surface area contributed by atoms with E-state index in [4.69, 9.17) is 13.6 Å². The molecule has 0 unspecified atom stereocenters. The lowest BCUT2D eigenvalue weighted by molar-refractivity contribution is 0.102. The molecule has 1 aliphatic rings. The first-order valence-corrected chi connectivity index (χ1v) is 11.2. The van der Waals surface area contributed by atoms with Crippen LogP contribution in [0, 0.1) is 11.3 Å². The van der Waals surface area contributed by atoms with Gasteiger partial charge in [-0.3, -0.25) is 4.79 Å². The number of thiophene rings is 1. The first-order chi connectivity index (χ1) is 14.7. The number of nitriles is 1. The lowest BCUT2D eigenvalue weighted by atomic mass is 9.96. The summed E-state index contributed by atoms with van der Waals surface area (Å²) in [5, 5.41) is 15.2. The summed E-state index contributed by atoms with van der Waals surface area (Å²) in [5.41, 5.74) is 7.34. The molecule has 0 spiro atoms. The monoisotopic (exact) mass is 417 g/mol. The van der Waals surface area contributed by atoms with Crippen molar-refractivity contribution in [3.8, 4) is 6.07 Å². The molecule has 1 amide bonds. The fraction of sp³-hybridized carbons (Fsp3) is 0.333. The first kappa shape index (κ1) is 23.7. The molecule has 1 aromatic heterocycles. The summed E-state index contributed by atoms with van der Waals surface area (Å²) in [5.74, 6) is -0.151. The smallest absolute Gasteiger partial charge is 0.256 e. The zero-order valence-corrected chi connectivity index (χ0v) is 18.5. The fourth-order valence-corrected chi connectivity index (χ4v) is 4.60. The molecule has 0 saturated heterocycles. The van der Waals surface area contributed by atoms with E-state index in [2.05, 4.69) is 11.4 Å². The summed E-state index contributed by atoms with van der Waals surface area (Å²) in [7, 11) is 4.90. The number of hydrogen-bond donors (Lipinski definition) is 2. The molecule has 4 rings (SSSR count). The van der Waals surface area contributed by atoms with Gasteiger partial charge >= 0.3 is 0 Å². The van der Waals surface area contributed by atoms with Crippen LogP contribution in [0.4, 0.5) is 5.00 Å². The molecule has 1 heterocycles. The third kappa shape index (κ3) is 5.50. The van der Waals surface area contributed by atoms with Crippen molar-refractivity contribution in [1.29, 1.82) is 5.26 Å². The summed E-state index contributed by atoms with van der Waals surface area (Å²) < 4.78 is 0. The van der Waals surface area contributed by atoms with Crippen LogP contribution in [-0.2, 0) is 12.8 Å². The Bertz CT molecular complexity index is 1020. The van der Waals surface area contributed by atoms with Gasteiger partial charge in [0.05, 0.1) is 13.4 Å². The lowest BCUT2D eigenvalue weighted by Crippen LogP contribution is -2.12. The fourth-order valence-electron chi connectivity index (χ4n) is 3.37. The van der Waals surface area contributed by atoms with Crippen LogP contribution in [0.3, 0.4) is 0 Å². The number of aryl methyl sites for hydroxylation is 1. The number of anilines is 1. The van der Waals surface area contributed by atoms with E-state index < -0.39 is 0 Å². The van der Waals surface area contributed by atoms with Crippen molar-refractivity contribution in [2.45, 2.75) is 45.9 Å². The Labute approximate surface area is 184 Å². The Morgan fingerprint density at radius 1 is 1.17 bits per heavy atom. The highest BCUT2D eigenvalue weighted by molar-refractivity contribution is 7.16. The van der Waals surface area contributed by atoms with Crippen LogP contribution >= 0.6 is 11.3 Å². The minimum absolute atomic E-state index is 0.151. The van der Waals surface area contributed by atoms with E-state index in [1.54, 1.807) is 11.3 Å². The second kappa shape index (κ2) is 12.2. The molecule has 4 nitrogen and oxygen atoms in total. The average Bonchev–Trinajstić information content (AvgIpc) is 3.17. The molecule has 1 aliphatic carbocycles. The Kier molecular flexibility index (Phi) is 9.59. The maximum absolute atomic E-state index is 12.8. The van der Waals surface area contributed by atoms with Crippen molar-refractivity contribution in [3.63, 3.8) is 0 Å². The van der Waals surface area contributed by atoms with E-state index in [0.717, 1.165) is 42.0 Å². The molecule has 154 valence electrons. The Morgan fingerprint density at radius 2 is 1.83 bits per heavy atom. The zero-order valence-electron chi connectivity index (χ0n) is 17.7. The molecular weight excluding hydrogens is 389 g/mol. The minimum Gasteiger partial charge on any atom is -0.331 e. The van der Waals surface area contributed by atoms with Gasteiger partial charge < -0.3 is 11.1 Å². The number of benzene rings is 2. The van der Waals surface area contributed by atoms with Crippen LogP contribution in [-0.4, -0.2) is 20.3 Å². The summed E-state index contributed by atoms with van der Waals surface area (Å²) in [6, 6.07) is 15.9. The van der Waals surface area contributed by atoms with Gasteiger partial charge in [-0.15, -0.1) is 11.3 Å². The number of rotatable bonds is 3. The first-order valence-electron chi connectivity index (χ1n) is 10.4. The lowest BCUT2D eigenvalue weighted by Gasteiger charge is -2.09. The Balaban J connectivity index is 0.000000481. The molecule has 0 fully saturated rings. The highest BCUT2D eigenvalue weighted by Gasteiger charge is 2.22. The molecule has 0 bridgehead atoms. The van der Waals surface area contributed by atoms with Crippen LogP contribution in [0.1, 0.15) is 53.1 Å². The van der Waals surface area contributed by atoms with Crippen LogP contribution in [0.5, 0.6) is 0 Å².